The van der Waals surface area contributed by atoms with Gasteiger partial charge in [0, 0.05) is 5.56 Å². The summed E-state index contributed by atoms with van der Waals surface area (Å²) in [5, 5.41) is 0. The standard InChI is InChI=1S/C15H18O3/c1-5-15(4,13-9-7-6-8-10-13)18-14(16)17-11-12(2)3/h1,6-10,12H,11H2,2-4H3. The highest BCUT2D eigenvalue weighted by Crippen LogP contribution is 2.24. The smallest absolute Gasteiger partial charge is 0.434 e. The third-order valence-electron chi connectivity index (χ3n) is 2.42. The molecule has 18 heavy (non-hydrogen) atoms. The van der Waals surface area contributed by atoms with Crippen LogP contribution in [0, 0.1) is 18.3 Å². The highest BCUT2D eigenvalue weighted by atomic mass is 16.7. The summed E-state index contributed by atoms with van der Waals surface area (Å²) in [6.45, 7) is 5.88. The molecule has 3 heteroatoms. The first kappa shape index (κ1) is 14.1. The lowest BCUT2D eigenvalue weighted by molar-refractivity contribution is -0.00457. The third kappa shape index (κ3) is 3.81. The molecule has 3 nitrogen and oxygen atoms in total. The van der Waals surface area contributed by atoms with Crippen LogP contribution in [-0.4, -0.2) is 12.8 Å². The first-order valence-electron chi connectivity index (χ1n) is 5.87. The Balaban J connectivity index is 2.73. The van der Waals surface area contributed by atoms with E-state index in [1.807, 2.05) is 44.2 Å². The second-order valence-corrected chi connectivity index (χ2v) is 4.60. The maximum Gasteiger partial charge on any atom is 0.510 e. The van der Waals surface area contributed by atoms with Crippen molar-refractivity contribution >= 4 is 6.16 Å². The molecule has 0 N–H and O–H groups in total. The van der Waals surface area contributed by atoms with Gasteiger partial charge in [0.05, 0.1) is 6.61 Å². The average Bonchev–Trinajstić information content (AvgIpc) is 2.37. The molecule has 1 unspecified atom stereocenters. The van der Waals surface area contributed by atoms with Crippen LogP contribution in [-0.2, 0) is 15.1 Å². The molecule has 0 aliphatic heterocycles. The first-order chi connectivity index (χ1) is 8.48. The van der Waals surface area contributed by atoms with E-state index in [-0.39, 0.29) is 5.92 Å². The van der Waals surface area contributed by atoms with Gasteiger partial charge in [-0.25, -0.2) is 4.79 Å². The van der Waals surface area contributed by atoms with E-state index >= 15 is 0 Å². The number of hydrogen-bond acceptors (Lipinski definition) is 3. The zero-order valence-electron chi connectivity index (χ0n) is 11.0. The lowest BCUT2D eigenvalue weighted by Crippen LogP contribution is -2.28. The lowest BCUT2D eigenvalue weighted by Gasteiger charge is -2.24. The van der Waals surface area contributed by atoms with Crippen LogP contribution in [0.2, 0.25) is 0 Å². The Hall–Kier alpha value is -1.95. The molecule has 0 aromatic heterocycles. The summed E-state index contributed by atoms with van der Waals surface area (Å²) < 4.78 is 10.2. The van der Waals surface area contributed by atoms with Gasteiger partial charge in [0.25, 0.3) is 0 Å². The van der Waals surface area contributed by atoms with E-state index in [0.29, 0.717) is 6.61 Å². The Morgan fingerprint density at radius 2 is 2.00 bits per heavy atom. The number of carbonyl (C=O) groups excluding carboxylic acids is 1. The summed E-state index contributed by atoms with van der Waals surface area (Å²) in [6, 6.07) is 9.18. The van der Waals surface area contributed by atoms with E-state index in [1.54, 1.807) is 6.92 Å². The molecule has 0 aliphatic carbocycles. The van der Waals surface area contributed by atoms with E-state index in [4.69, 9.17) is 15.9 Å². The van der Waals surface area contributed by atoms with Gasteiger partial charge in [-0.05, 0) is 12.8 Å². The zero-order valence-corrected chi connectivity index (χ0v) is 11.0. The number of hydrogen-bond donors (Lipinski definition) is 0. The molecule has 1 aromatic carbocycles. The van der Waals surface area contributed by atoms with E-state index in [0.717, 1.165) is 5.56 Å². The van der Waals surface area contributed by atoms with Crippen molar-refractivity contribution in [3.05, 3.63) is 35.9 Å². The molecular weight excluding hydrogens is 228 g/mol. The highest BCUT2D eigenvalue weighted by Gasteiger charge is 2.29. The van der Waals surface area contributed by atoms with E-state index in [9.17, 15) is 4.79 Å². The van der Waals surface area contributed by atoms with Crippen molar-refractivity contribution in [3.63, 3.8) is 0 Å². The van der Waals surface area contributed by atoms with Crippen LogP contribution < -0.4 is 0 Å². The molecule has 1 aromatic rings. The molecule has 0 saturated heterocycles. The van der Waals surface area contributed by atoms with E-state index in [2.05, 4.69) is 5.92 Å². The Labute approximate surface area is 108 Å². The molecule has 0 radical (unpaired) electrons. The number of benzene rings is 1. The number of ether oxygens (including phenoxy) is 2. The lowest BCUT2D eigenvalue weighted by atomic mass is 9.97. The molecule has 96 valence electrons. The third-order valence-corrected chi connectivity index (χ3v) is 2.42. The first-order valence-corrected chi connectivity index (χ1v) is 5.87. The second-order valence-electron chi connectivity index (χ2n) is 4.60. The number of carbonyl (C=O) groups is 1. The van der Waals surface area contributed by atoms with Gasteiger partial charge in [0.1, 0.15) is 0 Å². The largest absolute Gasteiger partial charge is 0.510 e. The Kier molecular flexibility index (Phi) is 4.79. The maximum atomic E-state index is 11.6. The Morgan fingerprint density at radius 1 is 1.39 bits per heavy atom. The molecule has 0 spiro atoms. The minimum Gasteiger partial charge on any atom is -0.434 e. The van der Waals surface area contributed by atoms with Crippen molar-refractivity contribution in [2.75, 3.05) is 6.61 Å². The van der Waals surface area contributed by atoms with Crippen LogP contribution >= 0.6 is 0 Å². The molecule has 0 saturated carbocycles. The van der Waals surface area contributed by atoms with Gasteiger partial charge in [0.2, 0.25) is 0 Å². The van der Waals surface area contributed by atoms with Crippen LogP contribution in [0.4, 0.5) is 4.79 Å². The van der Waals surface area contributed by atoms with Gasteiger partial charge >= 0.3 is 6.16 Å². The molecule has 0 bridgehead atoms. The van der Waals surface area contributed by atoms with Crippen molar-refractivity contribution in [2.45, 2.75) is 26.4 Å². The van der Waals surface area contributed by atoms with Crippen molar-refractivity contribution in [1.29, 1.82) is 0 Å². The Morgan fingerprint density at radius 3 is 2.50 bits per heavy atom. The average molecular weight is 246 g/mol. The summed E-state index contributed by atoms with van der Waals surface area (Å²) in [6.07, 6.45) is 4.72. The van der Waals surface area contributed by atoms with Crippen LogP contribution in [0.5, 0.6) is 0 Å². The van der Waals surface area contributed by atoms with Crippen molar-refractivity contribution < 1.29 is 14.3 Å². The van der Waals surface area contributed by atoms with Gasteiger partial charge in [-0.15, -0.1) is 6.42 Å². The normalized spacial score (nSPS) is 13.5. The van der Waals surface area contributed by atoms with Gasteiger partial charge in [-0.3, -0.25) is 0 Å². The van der Waals surface area contributed by atoms with Gasteiger partial charge in [0.15, 0.2) is 5.60 Å². The Bertz CT molecular complexity index is 431. The fraction of sp³-hybridized carbons (Fsp3) is 0.400. The fourth-order valence-corrected chi connectivity index (χ4v) is 1.36. The van der Waals surface area contributed by atoms with Crippen LogP contribution in [0.25, 0.3) is 0 Å². The number of rotatable bonds is 4. The zero-order chi connectivity index (χ0) is 13.6. The minimum absolute atomic E-state index is 0.256. The van der Waals surface area contributed by atoms with Crippen LogP contribution in [0.1, 0.15) is 26.3 Å². The van der Waals surface area contributed by atoms with Crippen molar-refractivity contribution in [1.82, 2.24) is 0 Å². The molecule has 1 rings (SSSR count). The highest BCUT2D eigenvalue weighted by molar-refractivity contribution is 5.61. The molecule has 0 fully saturated rings. The van der Waals surface area contributed by atoms with Gasteiger partial charge in [-0.1, -0.05) is 50.1 Å². The van der Waals surface area contributed by atoms with Crippen molar-refractivity contribution in [3.8, 4) is 12.3 Å². The molecule has 0 amide bonds. The van der Waals surface area contributed by atoms with Crippen molar-refractivity contribution in [2.24, 2.45) is 5.92 Å². The topological polar surface area (TPSA) is 35.5 Å². The molecular formula is C15H18O3. The quantitative estimate of drug-likeness (QED) is 0.603. The van der Waals surface area contributed by atoms with E-state index in [1.165, 1.54) is 0 Å². The van der Waals surface area contributed by atoms with Gasteiger partial charge in [-0.2, -0.15) is 0 Å². The van der Waals surface area contributed by atoms with E-state index < -0.39 is 11.8 Å². The fourth-order valence-electron chi connectivity index (χ4n) is 1.36. The summed E-state index contributed by atoms with van der Waals surface area (Å²) >= 11 is 0. The minimum atomic E-state index is -1.10. The van der Waals surface area contributed by atoms with Gasteiger partial charge < -0.3 is 9.47 Å². The summed E-state index contributed by atoms with van der Waals surface area (Å²) in [5.74, 6) is 2.75. The maximum absolute atomic E-state index is 11.6. The van der Waals surface area contributed by atoms with Crippen LogP contribution in [0.3, 0.4) is 0 Å². The molecule has 1 atom stereocenters. The summed E-state index contributed by atoms with van der Waals surface area (Å²) in [7, 11) is 0. The summed E-state index contributed by atoms with van der Waals surface area (Å²) in [4.78, 5) is 11.6. The van der Waals surface area contributed by atoms with Crippen LogP contribution in [0.15, 0.2) is 30.3 Å². The number of terminal acetylenes is 1. The molecule has 0 aliphatic rings. The monoisotopic (exact) mass is 246 g/mol. The second kappa shape index (κ2) is 6.11. The SMILES string of the molecule is C#CC(C)(OC(=O)OCC(C)C)c1ccccc1. The summed E-state index contributed by atoms with van der Waals surface area (Å²) in [5.41, 5.74) is -0.357. The predicted molar refractivity (Wildman–Crippen MR) is 69.9 cm³/mol. The molecule has 0 heterocycles. The predicted octanol–water partition coefficient (Wildman–Crippen LogP) is 3.34.